The standard InChI is InChI=1S/C15H19N3/c16-11-12-3-1-4-13(9-12)18-14-5-8-17-15(10-14)6-2-7-15/h1,3-4,9,14,17-18H,2,5-8,10H2. The Balaban J connectivity index is 1.66. The highest BCUT2D eigenvalue weighted by atomic mass is 15.0. The number of nitrogens with one attached hydrogen (secondary N) is 2. The molecule has 1 saturated heterocycles. The Morgan fingerprint density at radius 2 is 2.28 bits per heavy atom. The Morgan fingerprint density at radius 3 is 3.00 bits per heavy atom. The summed E-state index contributed by atoms with van der Waals surface area (Å²) in [6, 6.07) is 10.5. The van der Waals surface area contributed by atoms with Crippen LogP contribution < -0.4 is 10.6 Å². The first-order valence-electron chi connectivity index (χ1n) is 6.81. The number of nitriles is 1. The normalized spacial score (nSPS) is 25.2. The molecule has 18 heavy (non-hydrogen) atoms. The average molecular weight is 241 g/mol. The van der Waals surface area contributed by atoms with Crippen LogP contribution in [0, 0.1) is 11.3 Å². The molecule has 2 aliphatic rings. The van der Waals surface area contributed by atoms with Crippen LogP contribution in [0.5, 0.6) is 0 Å². The molecular formula is C15H19N3. The molecule has 1 saturated carbocycles. The third-order valence-corrected chi connectivity index (χ3v) is 4.30. The third-order valence-electron chi connectivity index (χ3n) is 4.30. The molecule has 1 heterocycles. The molecule has 1 aromatic rings. The monoisotopic (exact) mass is 241 g/mol. The maximum atomic E-state index is 8.91. The van der Waals surface area contributed by atoms with Crippen molar-refractivity contribution in [1.82, 2.24) is 5.32 Å². The van der Waals surface area contributed by atoms with E-state index >= 15 is 0 Å². The van der Waals surface area contributed by atoms with E-state index in [-0.39, 0.29) is 0 Å². The fraction of sp³-hybridized carbons (Fsp3) is 0.533. The zero-order chi connectivity index (χ0) is 12.4. The van der Waals surface area contributed by atoms with Crippen LogP contribution in [0.1, 0.15) is 37.7 Å². The SMILES string of the molecule is N#Cc1cccc(NC2CCNC3(CCC3)C2)c1. The summed E-state index contributed by atoms with van der Waals surface area (Å²) in [4.78, 5) is 0. The predicted octanol–water partition coefficient (Wildman–Crippen LogP) is 2.64. The van der Waals surface area contributed by atoms with Crippen LogP contribution >= 0.6 is 0 Å². The van der Waals surface area contributed by atoms with E-state index in [4.69, 9.17) is 5.26 Å². The lowest BCUT2D eigenvalue weighted by Crippen LogP contribution is -2.58. The number of nitrogens with zero attached hydrogens (tertiary/aromatic N) is 1. The summed E-state index contributed by atoms with van der Waals surface area (Å²) in [5.41, 5.74) is 2.23. The summed E-state index contributed by atoms with van der Waals surface area (Å²) >= 11 is 0. The number of piperidine rings is 1. The minimum atomic E-state index is 0.419. The van der Waals surface area contributed by atoms with Crippen LogP contribution in [0.3, 0.4) is 0 Å². The molecule has 1 atom stereocenters. The number of benzene rings is 1. The summed E-state index contributed by atoms with van der Waals surface area (Å²) < 4.78 is 0. The van der Waals surface area contributed by atoms with E-state index in [9.17, 15) is 0 Å². The van der Waals surface area contributed by atoms with Gasteiger partial charge in [-0.15, -0.1) is 0 Å². The molecule has 0 radical (unpaired) electrons. The fourth-order valence-electron chi connectivity index (χ4n) is 3.18. The van der Waals surface area contributed by atoms with E-state index in [1.54, 1.807) is 0 Å². The second-order valence-electron chi connectivity index (χ2n) is 5.59. The Hall–Kier alpha value is -1.53. The van der Waals surface area contributed by atoms with Crippen molar-refractivity contribution < 1.29 is 0 Å². The van der Waals surface area contributed by atoms with E-state index in [0.717, 1.165) is 17.8 Å². The Kier molecular flexibility index (Phi) is 2.97. The van der Waals surface area contributed by atoms with Gasteiger partial charge in [0.1, 0.15) is 0 Å². The molecule has 1 spiro atoms. The van der Waals surface area contributed by atoms with Gasteiger partial charge in [0.25, 0.3) is 0 Å². The van der Waals surface area contributed by atoms with Crippen LogP contribution in [0.15, 0.2) is 24.3 Å². The van der Waals surface area contributed by atoms with Gasteiger partial charge in [0.2, 0.25) is 0 Å². The van der Waals surface area contributed by atoms with E-state index < -0.39 is 0 Å². The largest absolute Gasteiger partial charge is 0.382 e. The molecule has 0 aromatic heterocycles. The second-order valence-corrected chi connectivity index (χ2v) is 5.59. The zero-order valence-corrected chi connectivity index (χ0v) is 10.6. The van der Waals surface area contributed by atoms with E-state index in [1.165, 1.54) is 32.1 Å². The van der Waals surface area contributed by atoms with E-state index in [1.807, 2.05) is 18.2 Å². The van der Waals surface area contributed by atoms with Gasteiger partial charge in [0.05, 0.1) is 11.6 Å². The van der Waals surface area contributed by atoms with Crippen molar-refractivity contribution in [2.24, 2.45) is 0 Å². The lowest BCUT2D eigenvalue weighted by atomic mass is 9.70. The van der Waals surface area contributed by atoms with Crippen LogP contribution in [0.25, 0.3) is 0 Å². The number of rotatable bonds is 2. The van der Waals surface area contributed by atoms with Crippen molar-refractivity contribution in [2.45, 2.75) is 43.7 Å². The maximum Gasteiger partial charge on any atom is 0.0992 e. The Morgan fingerprint density at radius 1 is 1.39 bits per heavy atom. The highest BCUT2D eigenvalue weighted by Crippen LogP contribution is 2.38. The van der Waals surface area contributed by atoms with Gasteiger partial charge in [-0.2, -0.15) is 5.26 Å². The van der Waals surface area contributed by atoms with Crippen molar-refractivity contribution >= 4 is 5.69 Å². The Bertz CT molecular complexity index is 471. The van der Waals surface area contributed by atoms with Crippen molar-refractivity contribution in [1.29, 1.82) is 5.26 Å². The van der Waals surface area contributed by atoms with Gasteiger partial charge in [-0.25, -0.2) is 0 Å². The average Bonchev–Trinajstić information content (AvgIpc) is 2.37. The lowest BCUT2D eigenvalue weighted by molar-refractivity contribution is 0.135. The van der Waals surface area contributed by atoms with Crippen LogP contribution in [0.4, 0.5) is 5.69 Å². The molecule has 2 N–H and O–H groups in total. The van der Waals surface area contributed by atoms with Crippen LogP contribution in [-0.2, 0) is 0 Å². The molecular weight excluding hydrogens is 222 g/mol. The minimum Gasteiger partial charge on any atom is -0.382 e. The van der Waals surface area contributed by atoms with Gasteiger partial charge in [-0.3, -0.25) is 0 Å². The predicted molar refractivity (Wildman–Crippen MR) is 72.4 cm³/mol. The van der Waals surface area contributed by atoms with Crippen LogP contribution in [-0.4, -0.2) is 18.1 Å². The summed E-state index contributed by atoms with van der Waals surface area (Å²) in [5, 5.41) is 16.2. The van der Waals surface area contributed by atoms with Crippen molar-refractivity contribution in [3.05, 3.63) is 29.8 Å². The number of hydrogen-bond acceptors (Lipinski definition) is 3. The first-order valence-corrected chi connectivity index (χ1v) is 6.81. The first-order chi connectivity index (χ1) is 8.80. The van der Waals surface area contributed by atoms with Gasteiger partial charge >= 0.3 is 0 Å². The smallest absolute Gasteiger partial charge is 0.0992 e. The molecule has 1 aromatic carbocycles. The van der Waals surface area contributed by atoms with Gasteiger partial charge in [0, 0.05) is 17.3 Å². The molecule has 1 unspecified atom stereocenters. The highest BCUT2D eigenvalue weighted by molar-refractivity contribution is 5.49. The summed E-state index contributed by atoms with van der Waals surface area (Å²) in [6.07, 6.45) is 6.39. The number of anilines is 1. The molecule has 0 amide bonds. The molecule has 2 fully saturated rings. The fourth-order valence-corrected chi connectivity index (χ4v) is 3.18. The zero-order valence-electron chi connectivity index (χ0n) is 10.6. The van der Waals surface area contributed by atoms with Crippen molar-refractivity contribution in [2.75, 3.05) is 11.9 Å². The summed E-state index contributed by atoms with van der Waals surface area (Å²) in [7, 11) is 0. The summed E-state index contributed by atoms with van der Waals surface area (Å²) in [5.74, 6) is 0. The highest BCUT2D eigenvalue weighted by Gasteiger charge is 2.40. The van der Waals surface area contributed by atoms with Gasteiger partial charge in [-0.1, -0.05) is 6.07 Å². The van der Waals surface area contributed by atoms with E-state index in [0.29, 0.717) is 11.6 Å². The molecule has 1 aliphatic heterocycles. The van der Waals surface area contributed by atoms with Crippen molar-refractivity contribution in [3.63, 3.8) is 0 Å². The maximum absolute atomic E-state index is 8.91. The minimum absolute atomic E-state index is 0.419. The third kappa shape index (κ3) is 2.21. The van der Waals surface area contributed by atoms with E-state index in [2.05, 4.69) is 22.8 Å². The molecule has 3 rings (SSSR count). The summed E-state index contributed by atoms with van der Waals surface area (Å²) in [6.45, 7) is 1.11. The molecule has 3 nitrogen and oxygen atoms in total. The number of hydrogen-bond donors (Lipinski definition) is 2. The molecule has 94 valence electrons. The Labute approximate surface area is 108 Å². The van der Waals surface area contributed by atoms with Gasteiger partial charge in [-0.05, 0) is 56.8 Å². The first kappa shape index (κ1) is 11.6. The molecule has 0 bridgehead atoms. The molecule has 3 heteroatoms. The lowest BCUT2D eigenvalue weighted by Gasteiger charge is -2.48. The topological polar surface area (TPSA) is 47.9 Å². The quantitative estimate of drug-likeness (QED) is 0.836. The van der Waals surface area contributed by atoms with Gasteiger partial charge < -0.3 is 10.6 Å². The second kappa shape index (κ2) is 4.62. The van der Waals surface area contributed by atoms with Crippen LogP contribution in [0.2, 0.25) is 0 Å². The molecule has 1 aliphatic carbocycles. The van der Waals surface area contributed by atoms with Gasteiger partial charge in [0.15, 0.2) is 0 Å². The van der Waals surface area contributed by atoms with Crippen molar-refractivity contribution in [3.8, 4) is 6.07 Å².